The van der Waals surface area contributed by atoms with Crippen molar-refractivity contribution in [2.45, 2.75) is 39.3 Å². The number of carbonyl (C=O) groups is 1. The summed E-state index contributed by atoms with van der Waals surface area (Å²) in [6.45, 7) is 11.3. The largest absolute Gasteiger partial charge is 0.462 e. The van der Waals surface area contributed by atoms with E-state index in [1.54, 1.807) is 0 Å². The van der Waals surface area contributed by atoms with Crippen molar-refractivity contribution in [3.05, 3.63) is 29.2 Å². The van der Waals surface area contributed by atoms with Gasteiger partial charge in [0.2, 0.25) is 0 Å². The second-order valence-electron chi connectivity index (χ2n) is 6.77. The molecule has 2 heterocycles. The summed E-state index contributed by atoms with van der Waals surface area (Å²) < 4.78 is 12.3. The molecular formula is C16H25N2O2PSi. The molecule has 0 saturated carbocycles. The van der Waals surface area contributed by atoms with E-state index in [0.717, 1.165) is 22.5 Å². The highest BCUT2D eigenvalue weighted by Gasteiger charge is 2.24. The summed E-state index contributed by atoms with van der Waals surface area (Å²) >= 11 is 0. The molecule has 1 unspecified atom stereocenters. The lowest BCUT2D eigenvalue weighted by Crippen LogP contribution is -2.21. The van der Waals surface area contributed by atoms with E-state index in [0.29, 0.717) is 6.61 Å². The molecule has 0 radical (unpaired) electrons. The summed E-state index contributed by atoms with van der Waals surface area (Å²) in [6.07, 6.45) is 0. The van der Waals surface area contributed by atoms with Crippen LogP contribution in [0.1, 0.15) is 22.7 Å². The van der Waals surface area contributed by atoms with E-state index in [1.807, 2.05) is 20.0 Å². The third-order valence-electron chi connectivity index (χ3n) is 3.52. The van der Waals surface area contributed by atoms with Crippen LogP contribution < -0.4 is 0 Å². The second-order valence-corrected chi connectivity index (χ2v) is 14.6. The maximum absolute atomic E-state index is 12.3. The molecule has 0 bridgehead atoms. The molecule has 6 heteroatoms. The molecular weight excluding hydrogens is 311 g/mol. The fourth-order valence-corrected chi connectivity index (χ4v) is 7.98. The highest BCUT2D eigenvalue weighted by Crippen LogP contribution is 2.40. The smallest absolute Gasteiger partial charge is 0.343 e. The van der Waals surface area contributed by atoms with Crippen LogP contribution in [0.4, 0.5) is 0 Å². The molecule has 22 heavy (non-hydrogen) atoms. The lowest BCUT2D eigenvalue weighted by atomic mass is 10.3. The summed E-state index contributed by atoms with van der Waals surface area (Å²) in [5.41, 5.74) is 3.17. The van der Waals surface area contributed by atoms with Crippen molar-refractivity contribution in [1.82, 2.24) is 9.31 Å². The van der Waals surface area contributed by atoms with Crippen molar-refractivity contribution in [2.75, 3.05) is 6.61 Å². The summed E-state index contributed by atoms with van der Waals surface area (Å²) in [5, 5.41) is 0.771. The van der Waals surface area contributed by atoms with Crippen molar-refractivity contribution >= 4 is 21.7 Å². The van der Waals surface area contributed by atoms with Crippen LogP contribution in [0.15, 0.2) is 18.2 Å². The highest BCUT2D eigenvalue weighted by molar-refractivity contribution is 7.50. The SMILES string of the molecule is CCOC(=O)c1cc(-c2ccc(C)n2C)np1C[Si](C)(C)C. The first-order valence-corrected chi connectivity index (χ1v) is 12.8. The molecule has 0 saturated heterocycles. The van der Waals surface area contributed by atoms with Gasteiger partial charge in [0.1, 0.15) is 0 Å². The van der Waals surface area contributed by atoms with Gasteiger partial charge in [-0.2, -0.15) is 0 Å². The molecule has 0 amide bonds. The van der Waals surface area contributed by atoms with E-state index in [9.17, 15) is 4.79 Å². The van der Waals surface area contributed by atoms with Crippen molar-refractivity contribution in [2.24, 2.45) is 7.05 Å². The number of rotatable bonds is 5. The van der Waals surface area contributed by atoms with E-state index < -0.39 is 15.8 Å². The lowest BCUT2D eigenvalue weighted by molar-refractivity contribution is 0.0532. The molecule has 0 aliphatic carbocycles. The maximum atomic E-state index is 12.3. The van der Waals surface area contributed by atoms with Gasteiger partial charge in [0, 0.05) is 12.7 Å². The zero-order valence-corrected chi connectivity index (χ0v) is 16.2. The Morgan fingerprint density at radius 3 is 2.55 bits per heavy atom. The van der Waals surface area contributed by atoms with Gasteiger partial charge in [0.25, 0.3) is 0 Å². The first-order valence-electron chi connectivity index (χ1n) is 7.60. The zero-order chi connectivity index (χ0) is 16.5. The van der Waals surface area contributed by atoms with Gasteiger partial charge in [-0.1, -0.05) is 19.6 Å². The number of aromatic nitrogens is 2. The number of ether oxygens (including phenoxy) is 1. The van der Waals surface area contributed by atoms with E-state index in [2.05, 4.69) is 43.3 Å². The molecule has 0 spiro atoms. The van der Waals surface area contributed by atoms with E-state index >= 15 is 0 Å². The van der Waals surface area contributed by atoms with Crippen LogP contribution in [0.3, 0.4) is 0 Å². The van der Waals surface area contributed by atoms with E-state index in [4.69, 9.17) is 9.48 Å². The van der Waals surface area contributed by atoms with Gasteiger partial charge in [-0.25, -0.2) is 9.54 Å². The average molecular weight is 336 g/mol. The van der Waals surface area contributed by atoms with Crippen LogP contribution in [0.2, 0.25) is 19.6 Å². The van der Waals surface area contributed by atoms with Crippen molar-refractivity contribution in [1.29, 1.82) is 0 Å². The number of esters is 1. The normalized spacial score (nSPS) is 12.5. The fourth-order valence-electron chi connectivity index (χ4n) is 2.35. The highest BCUT2D eigenvalue weighted by atomic mass is 31.1. The third kappa shape index (κ3) is 3.71. The van der Waals surface area contributed by atoms with Crippen LogP contribution in [-0.2, 0) is 17.6 Å². The zero-order valence-electron chi connectivity index (χ0n) is 14.3. The predicted molar refractivity (Wildman–Crippen MR) is 95.4 cm³/mol. The predicted octanol–water partition coefficient (Wildman–Crippen LogP) is 4.44. The van der Waals surface area contributed by atoms with Crippen LogP contribution in [0.25, 0.3) is 11.4 Å². The Labute approximate surface area is 134 Å². The van der Waals surface area contributed by atoms with Crippen molar-refractivity contribution in [3.8, 4) is 11.4 Å². The molecule has 0 fully saturated rings. The topological polar surface area (TPSA) is 44.1 Å². The molecule has 0 N–H and O–H groups in total. The maximum Gasteiger partial charge on any atom is 0.343 e. The quantitative estimate of drug-likeness (QED) is 0.599. The minimum absolute atomic E-state index is 0.198. The monoisotopic (exact) mass is 336 g/mol. The van der Waals surface area contributed by atoms with Crippen LogP contribution in [-0.4, -0.2) is 30.0 Å². The second kappa shape index (κ2) is 6.43. The Bertz CT molecular complexity index is 683. The lowest BCUT2D eigenvalue weighted by Gasteiger charge is -2.15. The van der Waals surface area contributed by atoms with Crippen molar-refractivity contribution < 1.29 is 9.53 Å². The number of hydrogen-bond donors (Lipinski definition) is 0. The molecule has 2 aromatic heterocycles. The third-order valence-corrected chi connectivity index (χ3v) is 9.84. The standard InChI is InChI=1S/C16H25N2O2PSi/c1-7-20-16(19)15-10-13(14-9-8-12(2)18(14)3)17-21(15)11-22(4,5)6/h8-10H,7,11H2,1-6H3. The Morgan fingerprint density at radius 1 is 1.36 bits per heavy atom. The molecule has 2 rings (SSSR count). The molecule has 4 nitrogen and oxygen atoms in total. The summed E-state index contributed by atoms with van der Waals surface area (Å²) in [6, 6.07) is 6.09. The Morgan fingerprint density at radius 2 is 2.05 bits per heavy atom. The first kappa shape index (κ1) is 17.0. The van der Waals surface area contributed by atoms with Gasteiger partial charge in [-0.3, -0.25) is 0 Å². The molecule has 1 atom stereocenters. The minimum Gasteiger partial charge on any atom is -0.462 e. The Kier molecular flexibility index (Phi) is 4.98. The van der Waals surface area contributed by atoms with Gasteiger partial charge in [0.05, 0.1) is 31.4 Å². The fraction of sp³-hybridized carbons (Fsp3) is 0.500. The average Bonchev–Trinajstić information content (AvgIpc) is 2.93. The first-order chi connectivity index (χ1) is 10.2. The number of carbonyl (C=O) groups excluding carboxylic acids is 1. The van der Waals surface area contributed by atoms with Crippen molar-refractivity contribution in [3.63, 3.8) is 0 Å². The van der Waals surface area contributed by atoms with Crippen LogP contribution in [0.5, 0.6) is 0 Å². The number of hydrogen-bond acceptors (Lipinski definition) is 3. The number of nitrogens with zero attached hydrogens (tertiary/aromatic N) is 2. The molecule has 0 aliphatic heterocycles. The Balaban J connectivity index is 2.47. The van der Waals surface area contributed by atoms with Gasteiger partial charge < -0.3 is 9.30 Å². The summed E-state index contributed by atoms with van der Waals surface area (Å²) in [4.78, 5) is 12.3. The Hall–Kier alpha value is -1.32. The van der Waals surface area contributed by atoms with E-state index in [-0.39, 0.29) is 5.97 Å². The summed E-state index contributed by atoms with van der Waals surface area (Å²) in [7, 11) is -0.0643. The molecule has 0 aromatic carbocycles. The van der Waals surface area contributed by atoms with Crippen LogP contribution in [0, 0.1) is 6.92 Å². The van der Waals surface area contributed by atoms with Gasteiger partial charge >= 0.3 is 5.97 Å². The van der Waals surface area contributed by atoms with Gasteiger partial charge in [0.15, 0.2) is 0 Å². The minimum atomic E-state index is -1.31. The van der Waals surface area contributed by atoms with E-state index in [1.165, 1.54) is 5.69 Å². The molecule has 2 aromatic rings. The van der Waals surface area contributed by atoms with Gasteiger partial charge in [-0.15, -0.1) is 0 Å². The number of aryl methyl sites for hydroxylation is 1. The molecule has 0 aliphatic rings. The summed E-state index contributed by atoms with van der Waals surface area (Å²) in [5.74, 6) is 0.830. The van der Waals surface area contributed by atoms with Gasteiger partial charge in [-0.05, 0) is 45.5 Å². The van der Waals surface area contributed by atoms with Crippen LogP contribution >= 0.6 is 7.69 Å². The molecule has 120 valence electrons.